The third kappa shape index (κ3) is 42.1. The summed E-state index contributed by atoms with van der Waals surface area (Å²) in [5.74, 6) is -0.939. The molecule has 0 aliphatic rings. The highest BCUT2D eigenvalue weighted by Gasteiger charge is 2.27. The first-order valence-electron chi connectivity index (χ1n) is 22.9. The number of ether oxygens (including phenoxy) is 2. The predicted octanol–water partition coefficient (Wildman–Crippen LogP) is 12.3. The van der Waals surface area contributed by atoms with Gasteiger partial charge in [0, 0.05) is 12.8 Å². The quantitative estimate of drug-likeness (QED) is 0.0235. The van der Waals surface area contributed by atoms with Gasteiger partial charge in [-0.3, -0.25) is 18.6 Å². The molecule has 0 rings (SSSR count). The molecular formula is C46H85O10P. The Morgan fingerprint density at radius 2 is 0.912 bits per heavy atom. The fraction of sp³-hybridized carbons (Fsp3) is 0.826. The molecule has 0 aliphatic carbocycles. The number of esters is 2. The highest BCUT2D eigenvalue weighted by molar-refractivity contribution is 7.47. The SMILES string of the molecule is CCCCC/C=C/C/C=C/CCCCCCCC(=O)OC[C@H](COP(=O)(O)OC[C@@H](O)CO)OC(=O)CCCCCCCCCCC/C=C/CCCCCCCC. The van der Waals surface area contributed by atoms with Crippen molar-refractivity contribution in [1.82, 2.24) is 0 Å². The molecule has 57 heavy (non-hydrogen) atoms. The minimum absolute atomic E-state index is 0.179. The van der Waals surface area contributed by atoms with Crippen LogP contribution < -0.4 is 0 Å². The van der Waals surface area contributed by atoms with Crippen molar-refractivity contribution in [3.05, 3.63) is 36.5 Å². The molecule has 0 aromatic heterocycles. The van der Waals surface area contributed by atoms with E-state index >= 15 is 0 Å². The van der Waals surface area contributed by atoms with Crippen molar-refractivity contribution in [1.29, 1.82) is 0 Å². The maximum atomic E-state index is 12.6. The van der Waals surface area contributed by atoms with Gasteiger partial charge in [-0.05, 0) is 70.6 Å². The second kappa shape index (κ2) is 42.3. The standard InChI is InChI=1S/C46H85O10P/c1-3-5-7-9-11-13-15-17-19-20-21-22-24-26-28-30-32-34-36-38-46(50)56-44(42-55-57(51,52)54-40-43(48)39-47)41-53-45(49)37-35-33-31-29-27-25-23-18-16-14-12-10-8-6-4-2/h12,14,17-19,23,43-44,47-48H,3-11,13,15-16,20-22,24-42H2,1-2H3,(H,51,52)/b14-12+,19-17+,23-18+/t43-,44+/m0/s1. The summed E-state index contributed by atoms with van der Waals surface area (Å²) in [7, 11) is -4.62. The minimum atomic E-state index is -4.62. The second-order valence-electron chi connectivity index (χ2n) is 15.4. The van der Waals surface area contributed by atoms with Gasteiger partial charge in [0.2, 0.25) is 0 Å². The summed E-state index contributed by atoms with van der Waals surface area (Å²) in [6, 6.07) is 0. The van der Waals surface area contributed by atoms with Crippen LogP contribution in [-0.2, 0) is 32.7 Å². The highest BCUT2D eigenvalue weighted by atomic mass is 31.2. The van der Waals surface area contributed by atoms with Gasteiger partial charge in [0.15, 0.2) is 6.10 Å². The molecule has 0 aromatic carbocycles. The lowest BCUT2D eigenvalue weighted by Crippen LogP contribution is -2.29. The van der Waals surface area contributed by atoms with E-state index in [0.717, 1.165) is 64.2 Å². The molecule has 334 valence electrons. The van der Waals surface area contributed by atoms with E-state index in [4.69, 9.17) is 23.6 Å². The van der Waals surface area contributed by atoms with Crippen molar-refractivity contribution in [2.75, 3.05) is 26.4 Å². The molecule has 0 saturated carbocycles. The van der Waals surface area contributed by atoms with E-state index in [1.807, 2.05) is 0 Å². The van der Waals surface area contributed by atoms with E-state index in [1.54, 1.807) is 0 Å². The topological polar surface area (TPSA) is 149 Å². The van der Waals surface area contributed by atoms with Gasteiger partial charge < -0.3 is 24.6 Å². The minimum Gasteiger partial charge on any atom is -0.462 e. The third-order valence-electron chi connectivity index (χ3n) is 9.77. The molecule has 10 nitrogen and oxygen atoms in total. The molecule has 0 spiro atoms. The van der Waals surface area contributed by atoms with Crippen molar-refractivity contribution in [3.8, 4) is 0 Å². The first-order chi connectivity index (χ1) is 27.7. The van der Waals surface area contributed by atoms with Crippen molar-refractivity contribution in [2.24, 2.45) is 0 Å². The smallest absolute Gasteiger partial charge is 0.462 e. The molecule has 1 unspecified atom stereocenters. The molecule has 0 saturated heterocycles. The Balaban J connectivity index is 4.27. The summed E-state index contributed by atoms with van der Waals surface area (Å²) in [5.41, 5.74) is 0. The molecule has 11 heteroatoms. The maximum absolute atomic E-state index is 12.6. The molecule has 0 heterocycles. The molecule has 0 radical (unpaired) electrons. The zero-order chi connectivity index (χ0) is 41.9. The van der Waals surface area contributed by atoms with Crippen molar-refractivity contribution >= 4 is 19.8 Å². The Hall–Kier alpha value is -1.81. The number of phosphoric acid groups is 1. The van der Waals surface area contributed by atoms with Crippen LogP contribution in [0.3, 0.4) is 0 Å². The highest BCUT2D eigenvalue weighted by Crippen LogP contribution is 2.43. The van der Waals surface area contributed by atoms with E-state index in [0.29, 0.717) is 12.8 Å². The number of rotatable bonds is 43. The molecule has 3 atom stereocenters. The molecule has 0 aliphatic heterocycles. The van der Waals surface area contributed by atoms with Crippen LogP contribution in [0.15, 0.2) is 36.5 Å². The molecular weight excluding hydrogens is 743 g/mol. The zero-order valence-electron chi connectivity index (χ0n) is 36.3. The second-order valence-corrected chi connectivity index (χ2v) is 16.9. The van der Waals surface area contributed by atoms with Gasteiger partial charge in [-0.1, -0.05) is 159 Å². The van der Waals surface area contributed by atoms with E-state index < -0.39 is 51.8 Å². The summed E-state index contributed by atoms with van der Waals surface area (Å²) in [5, 5.41) is 18.3. The van der Waals surface area contributed by atoms with Crippen LogP contribution in [-0.4, -0.2) is 65.7 Å². The van der Waals surface area contributed by atoms with Gasteiger partial charge in [0.1, 0.15) is 12.7 Å². The summed E-state index contributed by atoms with van der Waals surface area (Å²) < 4.78 is 32.7. The molecule has 0 amide bonds. The number of allylic oxidation sites excluding steroid dienone is 6. The molecule has 3 N–H and O–H groups in total. The first-order valence-corrected chi connectivity index (χ1v) is 24.4. The zero-order valence-corrected chi connectivity index (χ0v) is 37.2. The number of hydrogen-bond donors (Lipinski definition) is 3. The average molecular weight is 829 g/mol. The Bertz CT molecular complexity index is 1050. The van der Waals surface area contributed by atoms with E-state index in [9.17, 15) is 24.2 Å². The van der Waals surface area contributed by atoms with E-state index in [2.05, 4.69) is 50.3 Å². The predicted molar refractivity (Wildman–Crippen MR) is 233 cm³/mol. The lowest BCUT2D eigenvalue weighted by atomic mass is 10.1. The van der Waals surface area contributed by atoms with Crippen LogP contribution in [0.2, 0.25) is 0 Å². The summed E-state index contributed by atoms with van der Waals surface area (Å²) in [6.45, 7) is 2.35. The van der Waals surface area contributed by atoms with Gasteiger partial charge in [-0.25, -0.2) is 4.57 Å². The number of hydrogen-bond acceptors (Lipinski definition) is 9. The van der Waals surface area contributed by atoms with Crippen LogP contribution >= 0.6 is 7.82 Å². The molecule has 0 bridgehead atoms. The van der Waals surface area contributed by atoms with Crippen molar-refractivity contribution in [2.45, 2.75) is 219 Å². The van der Waals surface area contributed by atoms with Gasteiger partial charge in [-0.15, -0.1) is 0 Å². The summed E-state index contributed by atoms with van der Waals surface area (Å²) in [6.07, 6.45) is 43.9. The van der Waals surface area contributed by atoms with Crippen LogP contribution in [0.4, 0.5) is 0 Å². The van der Waals surface area contributed by atoms with Crippen molar-refractivity contribution < 1.29 is 47.8 Å². The van der Waals surface area contributed by atoms with Crippen LogP contribution in [0.1, 0.15) is 206 Å². The third-order valence-corrected chi connectivity index (χ3v) is 10.7. The van der Waals surface area contributed by atoms with Crippen LogP contribution in [0.5, 0.6) is 0 Å². The lowest BCUT2D eigenvalue weighted by molar-refractivity contribution is -0.161. The van der Waals surface area contributed by atoms with Gasteiger partial charge in [-0.2, -0.15) is 0 Å². The normalized spacial score (nSPS) is 14.1. The Morgan fingerprint density at radius 3 is 1.40 bits per heavy atom. The van der Waals surface area contributed by atoms with Gasteiger partial charge in [0.25, 0.3) is 0 Å². The fourth-order valence-electron chi connectivity index (χ4n) is 6.19. The van der Waals surface area contributed by atoms with Gasteiger partial charge in [0.05, 0.1) is 19.8 Å². The maximum Gasteiger partial charge on any atom is 0.472 e. The monoisotopic (exact) mass is 829 g/mol. The summed E-state index contributed by atoms with van der Waals surface area (Å²) >= 11 is 0. The van der Waals surface area contributed by atoms with Gasteiger partial charge >= 0.3 is 19.8 Å². The number of phosphoric ester groups is 1. The Morgan fingerprint density at radius 1 is 0.526 bits per heavy atom. The number of carbonyl (C=O) groups is 2. The summed E-state index contributed by atoms with van der Waals surface area (Å²) in [4.78, 5) is 35.0. The fourth-order valence-corrected chi connectivity index (χ4v) is 6.98. The largest absolute Gasteiger partial charge is 0.472 e. The van der Waals surface area contributed by atoms with Crippen molar-refractivity contribution in [3.63, 3.8) is 0 Å². The number of aliphatic hydroxyl groups is 2. The van der Waals surface area contributed by atoms with E-state index in [-0.39, 0.29) is 19.4 Å². The molecule has 0 aromatic rings. The number of unbranched alkanes of at least 4 members (excludes halogenated alkanes) is 23. The molecule has 0 fully saturated rings. The van der Waals surface area contributed by atoms with E-state index in [1.165, 1.54) is 103 Å². The number of aliphatic hydroxyl groups excluding tert-OH is 2. The Kier molecular flexibility index (Phi) is 41.0. The van der Waals surface area contributed by atoms with Crippen LogP contribution in [0, 0.1) is 0 Å². The Labute approximate surface area is 348 Å². The number of carbonyl (C=O) groups excluding carboxylic acids is 2. The average Bonchev–Trinajstić information content (AvgIpc) is 3.20. The van der Waals surface area contributed by atoms with Crippen LogP contribution in [0.25, 0.3) is 0 Å². The lowest BCUT2D eigenvalue weighted by Gasteiger charge is -2.20. The first kappa shape index (κ1) is 55.2.